The smallest absolute Gasteiger partial charge is 0.218 e. The maximum absolute atomic E-state index is 4.79. The Hall–Kier alpha value is -2.99. The van der Waals surface area contributed by atoms with Gasteiger partial charge in [-0.2, -0.15) is 9.78 Å². The van der Waals surface area contributed by atoms with Gasteiger partial charge in [0.25, 0.3) is 0 Å². The normalized spacial score (nSPS) is 12.7. The van der Waals surface area contributed by atoms with Gasteiger partial charge in [-0.25, -0.2) is 4.98 Å². The first kappa shape index (κ1) is 14.4. The number of hydrogen-bond donors (Lipinski definition) is 0. The second-order valence-corrected chi connectivity index (χ2v) is 6.87. The molecule has 5 rings (SSSR count). The molecule has 120 valence electrons. The van der Waals surface area contributed by atoms with Gasteiger partial charge in [0.2, 0.25) is 5.16 Å². The van der Waals surface area contributed by atoms with Crippen LogP contribution in [0.1, 0.15) is 11.1 Å². The molecule has 0 bridgehead atoms. The maximum Gasteiger partial charge on any atom is 0.218 e. The van der Waals surface area contributed by atoms with Gasteiger partial charge in [-0.1, -0.05) is 42.0 Å². The lowest BCUT2D eigenvalue weighted by Gasteiger charge is -2.04. The van der Waals surface area contributed by atoms with Crippen molar-refractivity contribution in [1.82, 2.24) is 19.9 Å². The fourth-order valence-corrected chi connectivity index (χ4v) is 3.72. The molecule has 1 aliphatic heterocycles. The molecule has 0 radical (unpaired) electrons. The predicted molar refractivity (Wildman–Crippen MR) is 99.1 cm³/mol. The number of aryl methyl sites for hydroxylation is 1. The van der Waals surface area contributed by atoms with Gasteiger partial charge in [0.05, 0.1) is 11.7 Å². The lowest BCUT2D eigenvalue weighted by molar-refractivity contribution is 0.775. The van der Waals surface area contributed by atoms with Crippen molar-refractivity contribution in [1.29, 1.82) is 0 Å². The van der Waals surface area contributed by atoms with Crippen LogP contribution in [0.3, 0.4) is 0 Å². The quantitative estimate of drug-likeness (QED) is 0.459. The molecule has 0 saturated carbocycles. The van der Waals surface area contributed by atoms with Gasteiger partial charge in [-0.05, 0) is 36.9 Å². The van der Waals surface area contributed by atoms with Crippen LogP contribution in [0.5, 0.6) is 0 Å². The van der Waals surface area contributed by atoms with E-state index in [0.717, 1.165) is 32.9 Å². The van der Waals surface area contributed by atoms with Crippen LogP contribution in [0.25, 0.3) is 22.3 Å². The minimum atomic E-state index is 0.716. The van der Waals surface area contributed by atoms with Crippen molar-refractivity contribution in [3.63, 3.8) is 0 Å². The van der Waals surface area contributed by atoms with Gasteiger partial charge in [-0.3, -0.25) is 0 Å². The fourth-order valence-electron chi connectivity index (χ4n) is 2.88. The summed E-state index contributed by atoms with van der Waals surface area (Å²) in [5.41, 5.74) is 4.17. The van der Waals surface area contributed by atoms with Gasteiger partial charge >= 0.3 is 0 Å². The van der Waals surface area contributed by atoms with Gasteiger partial charge < -0.3 is 0 Å². The van der Waals surface area contributed by atoms with Crippen LogP contribution in [0.4, 0.5) is 0 Å². The van der Waals surface area contributed by atoms with Crippen molar-refractivity contribution in [3.8, 4) is 11.4 Å². The summed E-state index contributed by atoms with van der Waals surface area (Å²) in [5, 5.41) is 15.9. The molecule has 0 aliphatic carbocycles. The van der Waals surface area contributed by atoms with E-state index in [-0.39, 0.29) is 0 Å². The van der Waals surface area contributed by atoms with Crippen LogP contribution >= 0.6 is 11.8 Å². The van der Waals surface area contributed by atoms with E-state index >= 15 is 0 Å². The van der Waals surface area contributed by atoms with Crippen molar-refractivity contribution in [2.75, 3.05) is 0 Å². The first-order valence-corrected chi connectivity index (χ1v) is 8.74. The highest BCUT2D eigenvalue weighted by molar-refractivity contribution is 7.99. The molecule has 2 aromatic carbocycles. The second kappa shape index (κ2) is 5.53. The highest BCUT2D eigenvalue weighted by Gasteiger charge is 2.19. The Morgan fingerprint density at radius 3 is 2.72 bits per heavy atom. The molecule has 1 aliphatic rings. The van der Waals surface area contributed by atoms with Crippen LogP contribution in [0.15, 0.2) is 69.9 Å². The predicted octanol–water partition coefficient (Wildman–Crippen LogP) is 4.15. The minimum absolute atomic E-state index is 0.716. The van der Waals surface area contributed by atoms with E-state index in [4.69, 9.17) is 4.98 Å². The summed E-state index contributed by atoms with van der Waals surface area (Å²) >= 11 is 1.49. The highest BCUT2D eigenvalue weighted by atomic mass is 32.2. The summed E-state index contributed by atoms with van der Waals surface area (Å²) < 4.78 is 1.78. The van der Waals surface area contributed by atoms with Crippen LogP contribution in [0.2, 0.25) is 0 Å². The van der Waals surface area contributed by atoms with Crippen molar-refractivity contribution >= 4 is 28.9 Å². The summed E-state index contributed by atoms with van der Waals surface area (Å²) in [6.45, 7) is 2.08. The molecule has 0 atom stereocenters. The Bertz CT molecular complexity index is 1130. The van der Waals surface area contributed by atoms with Crippen molar-refractivity contribution < 1.29 is 0 Å². The first-order chi connectivity index (χ1) is 12.3. The molecule has 0 fully saturated rings. The fraction of sp³-hybridized carbons (Fsp3) is 0.0526. The highest BCUT2D eigenvalue weighted by Crippen LogP contribution is 2.33. The van der Waals surface area contributed by atoms with Gasteiger partial charge in [0.1, 0.15) is 5.03 Å². The molecule has 25 heavy (non-hydrogen) atoms. The van der Waals surface area contributed by atoms with Crippen LogP contribution in [-0.2, 0) is 0 Å². The molecule has 0 spiro atoms. The van der Waals surface area contributed by atoms with E-state index < -0.39 is 0 Å². The molecule has 3 heterocycles. The molecule has 2 aromatic heterocycles. The van der Waals surface area contributed by atoms with E-state index in [9.17, 15) is 0 Å². The molecule has 6 heteroatoms. The van der Waals surface area contributed by atoms with Crippen LogP contribution in [0, 0.1) is 6.92 Å². The Morgan fingerprint density at radius 2 is 1.84 bits per heavy atom. The van der Waals surface area contributed by atoms with E-state index in [2.05, 4.69) is 40.4 Å². The van der Waals surface area contributed by atoms with E-state index in [1.54, 1.807) is 4.68 Å². The van der Waals surface area contributed by atoms with Crippen molar-refractivity contribution in [2.24, 2.45) is 5.10 Å². The Labute approximate surface area is 148 Å². The number of benzene rings is 2. The van der Waals surface area contributed by atoms with Gasteiger partial charge in [0.15, 0.2) is 5.82 Å². The average molecular weight is 343 g/mol. The number of nitrogens with zero attached hydrogens (tertiary/aromatic N) is 5. The number of aromatic nitrogens is 4. The van der Waals surface area contributed by atoms with E-state index in [1.165, 1.54) is 17.3 Å². The lowest BCUT2D eigenvalue weighted by atomic mass is 10.1. The Balaban J connectivity index is 1.66. The summed E-state index contributed by atoms with van der Waals surface area (Å²) in [6.07, 6.45) is 1.84. The Kier molecular flexibility index (Phi) is 3.18. The Morgan fingerprint density at radius 1 is 0.960 bits per heavy atom. The molecule has 5 nitrogen and oxygen atoms in total. The number of fused-ring (bicyclic) bond motifs is 3. The van der Waals surface area contributed by atoms with E-state index in [0.29, 0.717) is 5.16 Å². The van der Waals surface area contributed by atoms with Crippen LogP contribution in [-0.4, -0.2) is 26.1 Å². The maximum atomic E-state index is 4.79. The zero-order valence-electron chi connectivity index (χ0n) is 13.4. The molecule has 0 unspecified atom stereocenters. The van der Waals surface area contributed by atoms with Crippen molar-refractivity contribution in [2.45, 2.75) is 17.1 Å². The summed E-state index contributed by atoms with van der Waals surface area (Å²) in [7, 11) is 0. The third-order valence-electron chi connectivity index (χ3n) is 4.11. The number of rotatable bonds is 1. The second-order valence-electron chi connectivity index (χ2n) is 5.91. The van der Waals surface area contributed by atoms with Crippen molar-refractivity contribution in [3.05, 3.63) is 65.7 Å². The van der Waals surface area contributed by atoms with Gasteiger partial charge in [-0.15, -0.1) is 10.2 Å². The largest absolute Gasteiger partial charge is 0.240 e. The minimum Gasteiger partial charge on any atom is -0.240 e. The molecule has 0 amide bonds. The third kappa shape index (κ3) is 2.42. The lowest BCUT2D eigenvalue weighted by Crippen LogP contribution is -1.94. The SMILES string of the molecule is Cc1ccc2nc3c(cc2c1)C=Nn1c(nnc1-c1ccccc1)S3. The van der Waals surface area contributed by atoms with E-state index in [1.807, 2.05) is 42.6 Å². The molecule has 0 saturated heterocycles. The summed E-state index contributed by atoms with van der Waals surface area (Å²) in [4.78, 5) is 4.79. The number of hydrogen-bond acceptors (Lipinski definition) is 5. The molecular formula is C19H13N5S. The molecule has 4 aromatic rings. The summed E-state index contributed by atoms with van der Waals surface area (Å²) in [6, 6.07) is 18.3. The topological polar surface area (TPSA) is 56.0 Å². The summed E-state index contributed by atoms with van der Waals surface area (Å²) in [5.74, 6) is 0.729. The third-order valence-corrected chi connectivity index (χ3v) is 5.06. The molecule has 0 N–H and O–H groups in total. The zero-order chi connectivity index (χ0) is 16.8. The molecular weight excluding hydrogens is 330 g/mol. The standard InChI is InChI=1S/C19H13N5S/c1-12-7-8-16-14(9-12)10-15-11-20-24-17(13-5-3-2-4-6-13)22-23-19(24)25-18(15)21-16/h2-11H,1H3. The number of pyridine rings is 1. The van der Waals surface area contributed by atoms with Crippen LogP contribution < -0.4 is 0 Å². The zero-order valence-corrected chi connectivity index (χ0v) is 14.2. The first-order valence-electron chi connectivity index (χ1n) is 7.92. The monoisotopic (exact) mass is 343 g/mol. The average Bonchev–Trinajstić information content (AvgIpc) is 2.95. The van der Waals surface area contributed by atoms with Gasteiger partial charge in [0, 0.05) is 16.5 Å².